The summed E-state index contributed by atoms with van der Waals surface area (Å²) in [4.78, 5) is 39.8. The highest BCUT2D eigenvalue weighted by molar-refractivity contribution is 6.05. The largest absolute Gasteiger partial charge is 0.474 e. The van der Waals surface area contributed by atoms with E-state index in [1.54, 1.807) is 17.2 Å². The molecule has 0 spiro atoms. The first kappa shape index (κ1) is 20.2. The number of hydrogen-bond donors (Lipinski definition) is 1. The Morgan fingerprint density at radius 1 is 1.31 bits per heavy atom. The smallest absolute Gasteiger partial charge is 0.294 e. The second-order valence-corrected chi connectivity index (χ2v) is 8.18. The SMILES string of the molecule is Cc1cc(C(C)N2Cc3c(ccnc3NC(=O)c3cnco3)C2=O)cnc1OC1CCC1. The highest BCUT2D eigenvalue weighted by atomic mass is 16.5. The van der Waals surface area contributed by atoms with E-state index < -0.39 is 5.91 Å². The first-order valence-electron chi connectivity index (χ1n) is 10.6. The van der Waals surface area contributed by atoms with Gasteiger partial charge in [-0.25, -0.2) is 15.0 Å². The van der Waals surface area contributed by atoms with Crippen molar-refractivity contribution in [3.8, 4) is 5.88 Å². The maximum Gasteiger partial charge on any atom is 0.294 e. The molecule has 1 saturated carbocycles. The molecule has 1 aliphatic heterocycles. The van der Waals surface area contributed by atoms with Gasteiger partial charge in [0.15, 0.2) is 6.39 Å². The number of ether oxygens (including phenoxy) is 1. The standard InChI is InChI=1S/C23H23N5O4/c1-13-8-15(9-26-22(13)32-16-4-3-5-16)14(2)28-11-18-17(23(28)30)6-7-25-20(18)27-21(29)19-10-24-12-31-19/h6-10,12,14,16H,3-5,11H2,1-2H3,(H,25,27,29). The molecule has 1 unspecified atom stereocenters. The highest BCUT2D eigenvalue weighted by Gasteiger charge is 2.34. The van der Waals surface area contributed by atoms with Gasteiger partial charge in [0.1, 0.15) is 11.9 Å². The summed E-state index contributed by atoms with van der Waals surface area (Å²) in [5.74, 6) is 0.486. The third-order valence-corrected chi connectivity index (χ3v) is 6.10. The van der Waals surface area contributed by atoms with Crippen molar-refractivity contribution in [2.24, 2.45) is 0 Å². The summed E-state index contributed by atoms with van der Waals surface area (Å²) in [6.45, 7) is 4.26. The molecule has 1 atom stereocenters. The maximum atomic E-state index is 13.1. The first-order chi connectivity index (χ1) is 15.5. The Kier molecular flexibility index (Phi) is 5.08. The van der Waals surface area contributed by atoms with E-state index in [9.17, 15) is 9.59 Å². The minimum absolute atomic E-state index is 0.0738. The number of carbonyl (C=O) groups is 2. The zero-order valence-electron chi connectivity index (χ0n) is 17.9. The van der Waals surface area contributed by atoms with Gasteiger partial charge in [-0.2, -0.15) is 0 Å². The molecule has 4 heterocycles. The predicted molar refractivity (Wildman–Crippen MR) is 114 cm³/mol. The van der Waals surface area contributed by atoms with Crippen LogP contribution in [0.5, 0.6) is 5.88 Å². The van der Waals surface area contributed by atoms with Crippen molar-refractivity contribution in [3.63, 3.8) is 0 Å². The quantitative estimate of drug-likeness (QED) is 0.631. The lowest BCUT2D eigenvalue weighted by Gasteiger charge is -2.28. The summed E-state index contributed by atoms with van der Waals surface area (Å²) in [5, 5.41) is 2.72. The average molecular weight is 433 g/mol. The Bertz CT molecular complexity index is 1170. The third kappa shape index (κ3) is 3.59. The van der Waals surface area contributed by atoms with Crippen molar-refractivity contribution in [2.45, 2.75) is 51.8 Å². The maximum absolute atomic E-state index is 13.1. The van der Waals surface area contributed by atoms with Crippen LogP contribution in [0.25, 0.3) is 0 Å². The lowest BCUT2D eigenvalue weighted by atomic mass is 9.96. The molecule has 5 rings (SSSR count). The zero-order chi connectivity index (χ0) is 22.2. The summed E-state index contributed by atoms with van der Waals surface area (Å²) >= 11 is 0. The third-order valence-electron chi connectivity index (χ3n) is 6.10. The van der Waals surface area contributed by atoms with Crippen molar-refractivity contribution >= 4 is 17.6 Å². The van der Waals surface area contributed by atoms with Gasteiger partial charge in [0.2, 0.25) is 11.6 Å². The van der Waals surface area contributed by atoms with Gasteiger partial charge in [-0.3, -0.25) is 9.59 Å². The van der Waals surface area contributed by atoms with E-state index >= 15 is 0 Å². The van der Waals surface area contributed by atoms with Crippen LogP contribution in [0.3, 0.4) is 0 Å². The van der Waals surface area contributed by atoms with Crippen molar-refractivity contribution in [1.82, 2.24) is 19.9 Å². The van der Waals surface area contributed by atoms with Crippen LogP contribution in [0.4, 0.5) is 5.82 Å². The number of carbonyl (C=O) groups excluding carboxylic acids is 2. The fourth-order valence-corrected chi connectivity index (χ4v) is 3.93. The second-order valence-electron chi connectivity index (χ2n) is 8.18. The van der Waals surface area contributed by atoms with Gasteiger partial charge in [0.25, 0.3) is 11.8 Å². The molecule has 1 aliphatic carbocycles. The number of rotatable bonds is 6. The molecule has 2 amide bonds. The summed E-state index contributed by atoms with van der Waals surface area (Å²) in [7, 11) is 0. The van der Waals surface area contributed by atoms with Crippen LogP contribution in [0.2, 0.25) is 0 Å². The Balaban J connectivity index is 1.35. The van der Waals surface area contributed by atoms with E-state index in [0.29, 0.717) is 29.4 Å². The average Bonchev–Trinajstić information content (AvgIpc) is 3.40. The lowest BCUT2D eigenvalue weighted by molar-refractivity contribution is 0.0715. The molecular weight excluding hydrogens is 410 g/mol. The van der Waals surface area contributed by atoms with Crippen LogP contribution in [-0.4, -0.2) is 37.8 Å². The van der Waals surface area contributed by atoms with E-state index in [2.05, 4.69) is 20.3 Å². The van der Waals surface area contributed by atoms with E-state index in [1.165, 1.54) is 25.2 Å². The van der Waals surface area contributed by atoms with Crippen molar-refractivity contribution in [3.05, 3.63) is 65.1 Å². The van der Waals surface area contributed by atoms with Crippen molar-refractivity contribution < 1.29 is 18.7 Å². The molecule has 2 aliphatic rings. The zero-order valence-corrected chi connectivity index (χ0v) is 17.9. The Labute approximate surface area is 184 Å². The Morgan fingerprint density at radius 2 is 2.16 bits per heavy atom. The first-order valence-corrected chi connectivity index (χ1v) is 10.6. The fraction of sp³-hybridized carbons (Fsp3) is 0.348. The Hall–Kier alpha value is -3.75. The second kappa shape index (κ2) is 8.07. The minimum Gasteiger partial charge on any atom is -0.474 e. The van der Waals surface area contributed by atoms with Crippen LogP contribution in [0, 0.1) is 6.92 Å². The van der Waals surface area contributed by atoms with E-state index in [-0.39, 0.29) is 23.8 Å². The lowest BCUT2D eigenvalue weighted by Crippen LogP contribution is -2.28. The summed E-state index contributed by atoms with van der Waals surface area (Å²) in [6, 6.07) is 3.48. The van der Waals surface area contributed by atoms with Crippen molar-refractivity contribution in [1.29, 1.82) is 0 Å². The van der Waals surface area contributed by atoms with Crippen LogP contribution in [0.15, 0.2) is 41.5 Å². The molecule has 0 saturated heterocycles. The fourth-order valence-electron chi connectivity index (χ4n) is 3.93. The number of nitrogens with one attached hydrogen (secondary N) is 1. The van der Waals surface area contributed by atoms with Gasteiger partial charge in [-0.1, -0.05) is 0 Å². The topological polar surface area (TPSA) is 110 Å². The number of aromatic nitrogens is 3. The van der Waals surface area contributed by atoms with Gasteiger partial charge in [0.05, 0.1) is 18.8 Å². The van der Waals surface area contributed by atoms with E-state index in [1.807, 2.05) is 19.9 Å². The predicted octanol–water partition coefficient (Wildman–Crippen LogP) is 3.67. The number of aryl methyl sites for hydroxylation is 1. The minimum atomic E-state index is -0.468. The normalized spacial score (nSPS) is 16.4. The monoisotopic (exact) mass is 433 g/mol. The molecule has 9 heteroatoms. The number of oxazole rings is 1. The molecule has 0 radical (unpaired) electrons. The molecule has 9 nitrogen and oxygen atoms in total. The van der Waals surface area contributed by atoms with E-state index in [4.69, 9.17) is 9.15 Å². The van der Waals surface area contributed by atoms with Crippen LogP contribution < -0.4 is 10.1 Å². The molecule has 3 aromatic rings. The van der Waals surface area contributed by atoms with Crippen molar-refractivity contribution in [2.75, 3.05) is 5.32 Å². The molecule has 1 N–H and O–H groups in total. The molecule has 164 valence electrons. The molecule has 3 aromatic heterocycles. The summed E-state index contributed by atoms with van der Waals surface area (Å²) in [5.41, 5.74) is 3.07. The van der Waals surface area contributed by atoms with Gasteiger partial charge >= 0.3 is 0 Å². The van der Waals surface area contributed by atoms with Gasteiger partial charge in [0, 0.05) is 29.1 Å². The van der Waals surface area contributed by atoms with Crippen LogP contribution in [-0.2, 0) is 6.54 Å². The number of hydrogen-bond acceptors (Lipinski definition) is 7. The number of pyridine rings is 2. The number of nitrogens with zero attached hydrogens (tertiary/aromatic N) is 4. The molecular formula is C23H23N5O4. The number of anilines is 1. The molecule has 0 bridgehead atoms. The van der Waals surface area contributed by atoms with Crippen LogP contribution in [0.1, 0.15) is 69.8 Å². The van der Waals surface area contributed by atoms with Gasteiger partial charge < -0.3 is 19.4 Å². The number of fused-ring (bicyclic) bond motifs is 1. The summed E-state index contributed by atoms with van der Waals surface area (Å²) in [6.07, 6.45) is 9.40. The molecule has 32 heavy (non-hydrogen) atoms. The van der Waals surface area contributed by atoms with E-state index in [0.717, 1.165) is 24.0 Å². The number of amides is 2. The van der Waals surface area contributed by atoms with Gasteiger partial charge in [-0.05, 0) is 50.8 Å². The molecule has 1 fully saturated rings. The highest BCUT2D eigenvalue weighted by Crippen LogP contribution is 2.35. The molecule has 0 aromatic carbocycles. The summed E-state index contributed by atoms with van der Waals surface area (Å²) < 4.78 is 11.0. The van der Waals surface area contributed by atoms with Crippen LogP contribution >= 0.6 is 0 Å². The Morgan fingerprint density at radius 3 is 2.84 bits per heavy atom. The van der Waals surface area contributed by atoms with Gasteiger partial charge in [-0.15, -0.1) is 0 Å².